The van der Waals surface area contributed by atoms with Crippen molar-refractivity contribution >= 4 is 28.9 Å². The van der Waals surface area contributed by atoms with Crippen molar-refractivity contribution < 1.29 is 24.2 Å². The van der Waals surface area contributed by atoms with Crippen LogP contribution in [0.15, 0.2) is 36.4 Å². The summed E-state index contributed by atoms with van der Waals surface area (Å²) in [5.74, 6) is -1.24. The van der Waals surface area contributed by atoms with E-state index in [-0.39, 0.29) is 11.1 Å². The number of hydrogen-bond donors (Lipinski definition) is 1. The zero-order valence-electron chi connectivity index (χ0n) is 15.8. The first-order chi connectivity index (χ1) is 13.7. The summed E-state index contributed by atoms with van der Waals surface area (Å²) in [6.07, 6.45) is 1.66. The number of esters is 1. The topological polar surface area (TPSA) is 142 Å². The zero-order valence-corrected chi connectivity index (χ0v) is 15.8. The average Bonchev–Trinajstić information content (AvgIpc) is 2.68. The van der Waals surface area contributed by atoms with Crippen LogP contribution in [0.4, 0.5) is 17.1 Å². The Morgan fingerprint density at radius 3 is 2.03 bits per heavy atom. The van der Waals surface area contributed by atoms with Crippen molar-refractivity contribution in [1.82, 2.24) is 0 Å². The second kappa shape index (κ2) is 9.40. The van der Waals surface area contributed by atoms with Gasteiger partial charge in [0.2, 0.25) is 0 Å². The monoisotopic (exact) mass is 401 g/mol. The van der Waals surface area contributed by atoms with Gasteiger partial charge in [-0.25, -0.2) is 4.79 Å². The summed E-state index contributed by atoms with van der Waals surface area (Å²) in [6.45, 7) is 3.54. The van der Waals surface area contributed by atoms with Gasteiger partial charge in [-0.3, -0.25) is 25.0 Å². The molecule has 0 radical (unpaired) electrons. The maximum Gasteiger partial charge on any atom is 0.338 e. The highest BCUT2D eigenvalue weighted by Gasteiger charge is 2.25. The van der Waals surface area contributed by atoms with Crippen molar-refractivity contribution in [1.29, 1.82) is 0 Å². The first kappa shape index (κ1) is 21.5. The molecule has 1 amide bonds. The fraction of sp³-hybridized carbons (Fsp3) is 0.263. The van der Waals surface area contributed by atoms with Gasteiger partial charge >= 0.3 is 5.97 Å². The molecule has 29 heavy (non-hydrogen) atoms. The van der Waals surface area contributed by atoms with Crippen LogP contribution in [0.1, 0.15) is 46.0 Å². The molecule has 0 atom stereocenters. The summed E-state index contributed by atoms with van der Waals surface area (Å²) in [5, 5.41) is 24.8. The molecule has 0 fully saturated rings. The van der Waals surface area contributed by atoms with Crippen LogP contribution in [0.5, 0.6) is 0 Å². The van der Waals surface area contributed by atoms with E-state index >= 15 is 0 Å². The number of unbranched alkanes of at least 4 members (excludes halogenated alkanes) is 1. The summed E-state index contributed by atoms with van der Waals surface area (Å²) >= 11 is 0. The molecule has 0 unspecified atom stereocenters. The molecule has 0 heterocycles. The van der Waals surface area contributed by atoms with Gasteiger partial charge in [0.05, 0.1) is 27.6 Å². The maximum absolute atomic E-state index is 12.4. The highest BCUT2D eigenvalue weighted by atomic mass is 16.6. The third-order valence-electron chi connectivity index (χ3n) is 4.12. The second-order valence-electron chi connectivity index (χ2n) is 6.17. The molecule has 0 aliphatic carbocycles. The molecule has 0 aromatic heterocycles. The predicted molar refractivity (Wildman–Crippen MR) is 104 cm³/mol. The standard InChI is InChI=1S/C19H19N3O7/c1-3-4-9-29-19(24)13-5-7-15(8-6-13)20-18(23)14-10-16(21(25)26)12(2)17(11-14)22(27)28/h5-8,10-11H,3-4,9H2,1-2H3,(H,20,23). The molecular weight excluding hydrogens is 382 g/mol. The van der Waals surface area contributed by atoms with Crippen molar-refractivity contribution in [2.45, 2.75) is 26.7 Å². The minimum atomic E-state index is -0.780. The predicted octanol–water partition coefficient (Wildman–Crippen LogP) is 4.02. The van der Waals surface area contributed by atoms with Gasteiger partial charge in [-0.15, -0.1) is 0 Å². The summed E-state index contributed by atoms with van der Waals surface area (Å²) < 4.78 is 5.09. The van der Waals surface area contributed by atoms with E-state index in [1.165, 1.54) is 31.2 Å². The molecule has 0 spiro atoms. The van der Waals surface area contributed by atoms with Crippen LogP contribution in [0.25, 0.3) is 0 Å². The van der Waals surface area contributed by atoms with Crippen LogP contribution >= 0.6 is 0 Å². The summed E-state index contributed by atoms with van der Waals surface area (Å²) in [5.41, 5.74) is -0.782. The fourth-order valence-electron chi connectivity index (χ4n) is 2.48. The molecule has 0 saturated heterocycles. The normalized spacial score (nSPS) is 10.3. The van der Waals surface area contributed by atoms with E-state index in [0.29, 0.717) is 17.9 Å². The molecule has 0 aliphatic rings. The van der Waals surface area contributed by atoms with Crippen molar-refractivity contribution in [3.05, 3.63) is 73.3 Å². The number of nitro benzene ring substituents is 2. The number of benzene rings is 2. The third kappa shape index (κ3) is 5.34. The highest BCUT2D eigenvalue weighted by molar-refractivity contribution is 6.05. The fourth-order valence-corrected chi connectivity index (χ4v) is 2.48. The minimum absolute atomic E-state index is 0.137. The number of nitrogens with one attached hydrogen (secondary N) is 1. The van der Waals surface area contributed by atoms with Crippen LogP contribution < -0.4 is 5.32 Å². The van der Waals surface area contributed by atoms with Crippen LogP contribution in [0.2, 0.25) is 0 Å². The lowest BCUT2D eigenvalue weighted by atomic mass is 10.1. The highest BCUT2D eigenvalue weighted by Crippen LogP contribution is 2.29. The van der Waals surface area contributed by atoms with Crippen molar-refractivity contribution in [2.24, 2.45) is 0 Å². The van der Waals surface area contributed by atoms with E-state index < -0.39 is 33.1 Å². The molecule has 0 aliphatic heterocycles. The number of carbonyl (C=O) groups is 2. The Morgan fingerprint density at radius 2 is 1.55 bits per heavy atom. The number of rotatable bonds is 8. The quantitative estimate of drug-likeness (QED) is 0.305. The van der Waals surface area contributed by atoms with Gasteiger partial charge in [-0.05, 0) is 37.6 Å². The summed E-state index contributed by atoms with van der Waals surface area (Å²) in [6, 6.07) is 7.82. The van der Waals surface area contributed by atoms with Crippen molar-refractivity contribution in [3.8, 4) is 0 Å². The van der Waals surface area contributed by atoms with Gasteiger partial charge in [0.15, 0.2) is 0 Å². The van der Waals surface area contributed by atoms with E-state index in [4.69, 9.17) is 4.74 Å². The number of hydrogen-bond acceptors (Lipinski definition) is 7. The largest absolute Gasteiger partial charge is 0.462 e. The van der Waals surface area contributed by atoms with Crippen LogP contribution in [0.3, 0.4) is 0 Å². The number of nitrogens with zero attached hydrogens (tertiary/aromatic N) is 2. The first-order valence-electron chi connectivity index (χ1n) is 8.76. The second-order valence-corrected chi connectivity index (χ2v) is 6.17. The number of amides is 1. The molecule has 0 saturated carbocycles. The Kier molecular flexibility index (Phi) is 6.96. The lowest BCUT2D eigenvalue weighted by Crippen LogP contribution is -2.13. The van der Waals surface area contributed by atoms with Gasteiger partial charge in [0, 0.05) is 17.8 Å². The number of carbonyl (C=O) groups excluding carboxylic acids is 2. The smallest absolute Gasteiger partial charge is 0.338 e. The molecule has 2 rings (SSSR count). The van der Waals surface area contributed by atoms with E-state index in [1.807, 2.05) is 6.92 Å². The van der Waals surface area contributed by atoms with Crippen LogP contribution in [-0.4, -0.2) is 28.3 Å². The Labute approximate surface area is 165 Å². The Hall–Kier alpha value is -3.82. The zero-order chi connectivity index (χ0) is 21.6. The van der Waals surface area contributed by atoms with Gasteiger partial charge < -0.3 is 10.1 Å². The molecule has 1 N–H and O–H groups in total. The van der Waals surface area contributed by atoms with Gasteiger partial charge in [0.25, 0.3) is 17.3 Å². The van der Waals surface area contributed by atoms with Gasteiger partial charge in [-0.1, -0.05) is 13.3 Å². The number of nitro groups is 2. The van der Waals surface area contributed by atoms with Crippen molar-refractivity contribution in [2.75, 3.05) is 11.9 Å². The molecule has 2 aromatic carbocycles. The van der Waals surface area contributed by atoms with Crippen LogP contribution in [0, 0.1) is 27.2 Å². The summed E-state index contributed by atoms with van der Waals surface area (Å²) in [4.78, 5) is 45.0. The molecule has 0 bridgehead atoms. The lowest BCUT2D eigenvalue weighted by Gasteiger charge is -2.08. The molecule has 152 valence electrons. The Morgan fingerprint density at radius 1 is 1.00 bits per heavy atom. The number of anilines is 1. The lowest BCUT2D eigenvalue weighted by molar-refractivity contribution is -0.395. The van der Waals surface area contributed by atoms with E-state index in [9.17, 15) is 29.8 Å². The minimum Gasteiger partial charge on any atom is -0.462 e. The van der Waals surface area contributed by atoms with E-state index in [0.717, 1.165) is 25.0 Å². The number of ether oxygens (including phenoxy) is 1. The van der Waals surface area contributed by atoms with Gasteiger partial charge in [0.1, 0.15) is 5.56 Å². The third-order valence-corrected chi connectivity index (χ3v) is 4.12. The van der Waals surface area contributed by atoms with E-state index in [1.54, 1.807) is 0 Å². The van der Waals surface area contributed by atoms with Crippen LogP contribution in [-0.2, 0) is 4.74 Å². The average molecular weight is 401 g/mol. The Balaban J connectivity index is 2.19. The molecule has 10 heteroatoms. The molecule has 10 nitrogen and oxygen atoms in total. The Bertz CT molecular complexity index is 920. The first-order valence-corrected chi connectivity index (χ1v) is 8.76. The van der Waals surface area contributed by atoms with Gasteiger partial charge in [-0.2, -0.15) is 0 Å². The molecule has 2 aromatic rings. The van der Waals surface area contributed by atoms with E-state index in [2.05, 4.69) is 5.32 Å². The van der Waals surface area contributed by atoms with Crippen molar-refractivity contribution in [3.63, 3.8) is 0 Å². The summed E-state index contributed by atoms with van der Waals surface area (Å²) in [7, 11) is 0. The maximum atomic E-state index is 12.4. The SMILES string of the molecule is CCCCOC(=O)c1ccc(NC(=O)c2cc([N+](=O)[O-])c(C)c([N+](=O)[O-])c2)cc1. The molecular formula is C19H19N3O7.